The van der Waals surface area contributed by atoms with E-state index in [4.69, 9.17) is 14.1 Å². The molecule has 0 bridgehead atoms. The summed E-state index contributed by atoms with van der Waals surface area (Å²) in [7, 11) is -0.261. The molecule has 2 aromatic rings. The van der Waals surface area contributed by atoms with Crippen molar-refractivity contribution in [2.24, 2.45) is 11.3 Å². The zero-order valence-electron chi connectivity index (χ0n) is 24.8. The van der Waals surface area contributed by atoms with Gasteiger partial charge in [0.1, 0.15) is 0 Å². The zero-order chi connectivity index (χ0) is 28.7. The second-order valence-corrected chi connectivity index (χ2v) is 13.1. The predicted octanol–water partition coefficient (Wildman–Crippen LogP) is 6.08. The van der Waals surface area contributed by atoms with Crippen LogP contribution in [0.1, 0.15) is 77.6 Å². The summed E-state index contributed by atoms with van der Waals surface area (Å²) in [6.45, 7) is 14.3. The second kappa shape index (κ2) is 11.4. The van der Waals surface area contributed by atoms with Gasteiger partial charge in [0.05, 0.1) is 30.9 Å². The number of benzene rings is 1. The van der Waals surface area contributed by atoms with Gasteiger partial charge in [-0.25, -0.2) is 4.79 Å². The Labute approximate surface area is 238 Å². The summed E-state index contributed by atoms with van der Waals surface area (Å²) in [4.78, 5) is 21.0. The van der Waals surface area contributed by atoms with E-state index in [-0.39, 0.29) is 36.2 Å². The fourth-order valence-corrected chi connectivity index (χ4v) is 5.36. The molecular formula is C31H44BN3O5. The van der Waals surface area contributed by atoms with E-state index in [0.29, 0.717) is 13.2 Å². The van der Waals surface area contributed by atoms with Gasteiger partial charge in [-0.05, 0) is 98.1 Å². The Morgan fingerprint density at radius 3 is 2.65 bits per heavy atom. The first kappa shape index (κ1) is 28.9. The molecule has 0 radical (unpaired) electrons. The number of carbonyl (C=O) groups is 1. The number of amides is 1. The van der Waals surface area contributed by atoms with Gasteiger partial charge in [-0.3, -0.25) is 4.84 Å². The van der Waals surface area contributed by atoms with Gasteiger partial charge < -0.3 is 24.7 Å². The minimum atomic E-state index is -1.02. The number of hydroxylamine groups is 2. The highest BCUT2D eigenvalue weighted by Crippen LogP contribution is 2.45. The molecule has 9 heteroatoms. The van der Waals surface area contributed by atoms with Crippen LogP contribution in [-0.2, 0) is 27.1 Å². The Hall–Kier alpha value is -2.59. The molecule has 1 aromatic carbocycles. The quantitative estimate of drug-likeness (QED) is 0.232. The molecule has 216 valence electrons. The second-order valence-electron chi connectivity index (χ2n) is 13.1. The van der Waals surface area contributed by atoms with Crippen LogP contribution in [0.5, 0.6) is 0 Å². The van der Waals surface area contributed by atoms with Crippen molar-refractivity contribution in [3.8, 4) is 11.3 Å². The van der Waals surface area contributed by atoms with Crippen molar-refractivity contribution >= 4 is 19.3 Å². The average molecular weight is 550 g/mol. The number of hydrogen-bond acceptors (Lipinski definition) is 5. The first-order chi connectivity index (χ1) is 18.9. The van der Waals surface area contributed by atoms with Crippen molar-refractivity contribution in [2.45, 2.75) is 91.5 Å². The standard InChI is InChI=1S/C31H44BN3O5/c1-20(2)28(34-29(36)37)18-38-35(19-31(6)13-14-31)17-26-11-12-27(33-26)24-8-7-23-16-25(10-9-22(23)15-24)32-39-21(3)30(4,5)40-32/h7-8,11-12,15-16,20-21,28,33-34H,9-10,13-14,17-19H2,1-6H3,(H,36,37)/t21?,28-/m1/s1. The number of carboxylic acid groups (broad SMARTS) is 1. The van der Waals surface area contributed by atoms with Crippen LogP contribution in [0.3, 0.4) is 0 Å². The maximum atomic E-state index is 11.2. The Bertz CT molecular complexity index is 1250. The van der Waals surface area contributed by atoms with E-state index in [2.05, 4.69) is 74.4 Å². The average Bonchev–Trinajstić information content (AvgIpc) is 3.31. The lowest BCUT2D eigenvalue weighted by Gasteiger charge is -2.28. The first-order valence-corrected chi connectivity index (χ1v) is 14.6. The van der Waals surface area contributed by atoms with Gasteiger partial charge in [0.25, 0.3) is 0 Å². The number of nitrogens with one attached hydrogen (secondary N) is 2. The molecule has 3 aliphatic rings. The molecule has 1 aliphatic heterocycles. The SMILES string of the molecule is CC(C)[C@@H](CON(Cc1ccc(-c2ccc3c(c2)CCC(B2OC(C)C(C)(C)O2)=C3)[nH]1)CC1(C)CC1)NC(=O)O. The first-order valence-electron chi connectivity index (χ1n) is 14.6. The molecule has 2 fully saturated rings. The fourth-order valence-electron chi connectivity index (χ4n) is 5.36. The predicted molar refractivity (Wildman–Crippen MR) is 157 cm³/mol. The van der Waals surface area contributed by atoms with Gasteiger partial charge in [0.15, 0.2) is 0 Å². The van der Waals surface area contributed by atoms with Crippen LogP contribution in [-0.4, -0.2) is 59.3 Å². The fraction of sp³-hybridized carbons (Fsp3) is 0.581. The number of hydrogen-bond donors (Lipinski definition) is 3. The van der Waals surface area contributed by atoms with Crippen molar-refractivity contribution < 1.29 is 24.0 Å². The van der Waals surface area contributed by atoms with Crippen molar-refractivity contribution in [3.05, 3.63) is 52.6 Å². The number of nitrogens with zero attached hydrogens (tertiary/aromatic N) is 1. The molecule has 1 aromatic heterocycles. The van der Waals surface area contributed by atoms with Gasteiger partial charge >= 0.3 is 13.2 Å². The summed E-state index contributed by atoms with van der Waals surface area (Å²) < 4.78 is 12.3. The molecule has 2 aliphatic carbocycles. The van der Waals surface area contributed by atoms with Gasteiger partial charge in [-0.15, -0.1) is 0 Å². The van der Waals surface area contributed by atoms with E-state index in [1.807, 2.05) is 18.9 Å². The van der Waals surface area contributed by atoms with Crippen molar-refractivity contribution in [1.82, 2.24) is 15.4 Å². The maximum Gasteiger partial charge on any atom is 0.490 e. The zero-order valence-corrected chi connectivity index (χ0v) is 24.8. The molecule has 2 heterocycles. The minimum Gasteiger partial charge on any atom is -0.465 e. The monoisotopic (exact) mass is 549 g/mol. The van der Waals surface area contributed by atoms with Crippen molar-refractivity contribution in [2.75, 3.05) is 13.2 Å². The van der Waals surface area contributed by atoms with Crippen LogP contribution < -0.4 is 5.32 Å². The Kier molecular flexibility index (Phi) is 8.21. The van der Waals surface area contributed by atoms with Gasteiger partial charge in [-0.1, -0.05) is 39.0 Å². The van der Waals surface area contributed by atoms with Crippen molar-refractivity contribution in [1.29, 1.82) is 0 Å². The Morgan fingerprint density at radius 2 is 2.00 bits per heavy atom. The summed E-state index contributed by atoms with van der Waals surface area (Å²) in [5.74, 6) is 0.134. The number of rotatable bonds is 11. The van der Waals surface area contributed by atoms with E-state index >= 15 is 0 Å². The number of aryl methyl sites for hydroxylation is 1. The molecule has 0 spiro atoms. The van der Waals surface area contributed by atoms with Crippen LogP contribution in [0, 0.1) is 11.3 Å². The summed E-state index contributed by atoms with van der Waals surface area (Å²) in [5, 5.41) is 13.8. The summed E-state index contributed by atoms with van der Waals surface area (Å²) in [6.07, 6.45) is 5.54. The minimum absolute atomic E-state index is 0.0655. The summed E-state index contributed by atoms with van der Waals surface area (Å²) >= 11 is 0. The highest BCUT2D eigenvalue weighted by atomic mass is 16.7. The molecular weight excluding hydrogens is 505 g/mol. The molecule has 1 amide bonds. The Balaban J connectivity index is 1.25. The van der Waals surface area contributed by atoms with Gasteiger partial charge in [0, 0.05) is 17.9 Å². The number of aromatic amines is 1. The molecule has 2 atom stereocenters. The van der Waals surface area contributed by atoms with E-state index in [0.717, 1.165) is 36.3 Å². The maximum absolute atomic E-state index is 11.2. The van der Waals surface area contributed by atoms with E-state index < -0.39 is 6.09 Å². The number of H-pyrrole nitrogens is 1. The molecule has 8 nitrogen and oxygen atoms in total. The lowest BCUT2D eigenvalue weighted by Crippen LogP contribution is -2.43. The van der Waals surface area contributed by atoms with E-state index in [1.54, 1.807) is 0 Å². The van der Waals surface area contributed by atoms with Crippen LogP contribution >= 0.6 is 0 Å². The topological polar surface area (TPSA) is 96.0 Å². The third-order valence-corrected chi connectivity index (χ3v) is 8.80. The largest absolute Gasteiger partial charge is 0.490 e. The number of allylic oxidation sites excluding steroid dienone is 1. The molecule has 3 N–H and O–H groups in total. The van der Waals surface area contributed by atoms with E-state index in [1.165, 1.54) is 29.4 Å². The lowest BCUT2D eigenvalue weighted by molar-refractivity contribution is -0.182. The van der Waals surface area contributed by atoms with Gasteiger partial charge in [-0.2, -0.15) is 5.06 Å². The molecule has 1 unspecified atom stereocenters. The summed E-state index contributed by atoms with van der Waals surface area (Å²) in [6, 6.07) is 10.6. The smallest absolute Gasteiger partial charge is 0.465 e. The highest BCUT2D eigenvalue weighted by molar-refractivity contribution is 6.55. The highest BCUT2D eigenvalue weighted by Gasteiger charge is 2.45. The third-order valence-electron chi connectivity index (χ3n) is 8.80. The van der Waals surface area contributed by atoms with Crippen LogP contribution in [0.15, 0.2) is 35.8 Å². The van der Waals surface area contributed by atoms with Crippen LogP contribution in [0.4, 0.5) is 4.79 Å². The third kappa shape index (κ3) is 6.82. The van der Waals surface area contributed by atoms with Crippen LogP contribution in [0.2, 0.25) is 0 Å². The molecule has 1 saturated heterocycles. The normalized spacial score (nSPS) is 21.9. The van der Waals surface area contributed by atoms with Crippen molar-refractivity contribution in [3.63, 3.8) is 0 Å². The number of fused-ring (bicyclic) bond motifs is 1. The van der Waals surface area contributed by atoms with Gasteiger partial charge in [0.2, 0.25) is 0 Å². The molecule has 1 saturated carbocycles. The van der Waals surface area contributed by atoms with Crippen LogP contribution in [0.25, 0.3) is 17.3 Å². The lowest BCUT2D eigenvalue weighted by atomic mass is 9.71. The molecule has 5 rings (SSSR count). The Morgan fingerprint density at radius 1 is 1.23 bits per heavy atom. The number of aromatic nitrogens is 1. The summed E-state index contributed by atoms with van der Waals surface area (Å²) in [5.41, 5.74) is 7.07. The molecule has 40 heavy (non-hydrogen) atoms. The van der Waals surface area contributed by atoms with E-state index in [9.17, 15) is 9.90 Å².